The maximum absolute atomic E-state index is 12.7. The number of carbonyl (C=O) groups is 2. The lowest BCUT2D eigenvalue weighted by molar-refractivity contribution is -0.121. The van der Waals surface area contributed by atoms with Crippen LogP contribution in [0.5, 0.6) is 0 Å². The van der Waals surface area contributed by atoms with Crippen LogP contribution in [0.2, 0.25) is 0 Å². The van der Waals surface area contributed by atoms with Gasteiger partial charge in [-0.3, -0.25) is 25.2 Å². The number of amides is 2. The zero-order valence-corrected chi connectivity index (χ0v) is 11.8. The average molecular weight is 303 g/mol. The summed E-state index contributed by atoms with van der Waals surface area (Å²) in [5.74, 6) is -1.43. The van der Waals surface area contributed by atoms with Gasteiger partial charge in [0.25, 0.3) is 11.5 Å². The van der Waals surface area contributed by atoms with Crippen LogP contribution in [0, 0.1) is 5.82 Å². The van der Waals surface area contributed by atoms with Gasteiger partial charge in [0, 0.05) is 24.9 Å². The molecule has 0 bridgehead atoms. The molecular formula is C15H14FN3O3. The number of hydrazine groups is 1. The van der Waals surface area contributed by atoms with E-state index in [9.17, 15) is 18.8 Å². The van der Waals surface area contributed by atoms with E-state index in [1.165, 1.54) is 47.2 Å². The molecule has 0 aliphatic rings. The summed E-state index contributed by atoms with van der Waals surface area (Å²) >= 11 is 0. The predicted molar refractivity (Wildman–Crippen MR) is 77.4 cm³/mol. The SMILES string of the molecule is Cn1ccc(C(=O)NNC(=O)Cc2ccc(F)cc2)cc1=O. The van der Waals surface area contributed by atoms with Gasteiger partial charge in [0.15, 0.2) is 0 Å². The van der Waals surface area contributed by atoms with Gasteiger partial charge in [-0.2, -0.15) is 0 Å². The molecule has 2 amide bonds. The largest absolute Gasteiger partial charge is 0.319 e. The average Bonchev–Trinajstić information content (AvgIpc) is 2.50. The first-order valence-electron chi connectivity index (χ1n) is 6.46. The molecule has 0 unspecified atom stereocenters. The third-order valence-electron chi connectivity index (χ3n) is 2.96. The van der Waals surface area contributed by atoms with E-state index in [4.69, 9.17) is 0 Å². The number of carbonyl (C=O) groups excluding carboxylic acids is 2. The van der Waals surface area contributed by atoms with Crippen LogP contribution in [0.3, 0.4) is 0 Å². The molecule has 0 aliphatic heterocycles. The number of nitrogens with zero attached hydrogens (tertiary/aromatic N) is 1. The summed E-state index contributed by atoms with van der Waals surface area (Å²) in [5.41, 5.74) is 4.88. The third kappa shape index (κ3) is 4.02. The van der Waals surface area contributed by atoms with Crippen molar-refractivity contribution < 1.29 is 14.0 Å². The standard InChI is InChI=1S/C15H14FN3O3/c1-19-7-6-11(9-14(19)21)15(22)18-17-13(20)8-10-2-4-12(16)5-3-10/h2-7,9H,8H2,1H3,(H,17,20)(H,18,22). The lowest BCUT2D eigenvalue weighted by Gasteiger charge is -2.07. The van der Waals surface area contributed by atoms with E-state index in [0.717, 1.165) is 0 Å². The molecule has 2 N–H and O–H groups in total. The maximum Gasteiger partial charge on any atom is 0.269 e. The van der Waals surface area contributed by atoms with Gasteiger partial charge in [0.05, 0.1) is 6.42 Å². The monoisotopic (exact) mass is 303 g/mol. The van der Waals surface area contributed by atoms with Crippen LogP contribution in [-0.2, 0) is 18.3 Å². The van der Waals surface area contributed by atoms with Gasteiger partial charge in [-0.05, 0) is 23.8 Å². The van der Waals surface area contributed by atoms with Crippen LogP contribution in [0.25, 0.3) is 0 Å². The number of pyridine rings is 1. The van der Waals surface area contributed by atoms with Crippen molar-refractivity contribution in [2.45, 2.75) is 6.42 Å². The number of halogens is 1. The van der Waals surface area contributed by atoms with E-state index in [1.807, 2.05) is 0 Å². The zero-order chi connectivity index (χ0) is 16.1. The van der Waals surface area contributed by atoms with E-state index < -0.39 is 11.8 Å². The molecule has 22 heavy (non-hydrogen) atoms. The number of nitrogens with one attached hydrogen (secondary N) is 2. The van der Waals surface area contributed by atoms with Crippen molar-refractivity contribution in [3.63, 3.8) is 0 Å². The Morgan fingerprint density at radius 2 is 1.82 bits per heavy atom. The molecule has 0 radical (unpaired) electrons. The Bertz CT molecular complexity index is 753. The number of aromatic nitrogens is 1. The van der Waals surface area contributed by atoms with Crippen molar-refractivity contribution in [2.24, 2.45) is 7.05 Å². The summed E-state index contributed by atoms with van der Waals surface area (Å²) in [6.45, 7) is 0. The van der Waals surface area contributed by atoms with Gasteiger partial charge in [-0.1, -0.05) is 12.1 Å². The van der Waals surface area contributed by atoms with Gasteiger partial charge in [0.1, 0.15) is 5.82 Å². The summed E-state index contributed by atoms with van der Waals surface area (Å²) in [6.07, 6.45) is 1.45. The summed E-state index contributed by atoms with van der Waals surface area (Å²) < 4.78 is 14.1. The Balaban J connectivity index is 1.90. The number of rotatable bonds is 3. The molecule has 114 valence electrons. The fourth-order valence-corrected chi connectivity index (χ4v) is 1.72. The molecule has 2 aromatic rings. The molecule has 0 saturated heterocycles. The first kappa shape index (κ1) is 15.4. The third-order valence-corrected chi connectivity index (χ3v) is 2.96. The number of hydrogen-bond donors (Lipinski definition) is 2. The van der Waals surface area contributed by atoms with Crippen LogP contribution >= 0.6 is 0 Å². The first-order chi connectivity index (χ1) is 10.5. The Kier molecular flexibility index (Phi) is 4.67. The Morgan fingerprint density at radius 1 is 1.14 bits per heavy atom. The molecule has 0 atom stereocenters. The number of aryl methyl sites for hydroxylation is 1. The molecule has 1 heterocycles. The normalized spacial score (nSPS) is 10.1. The molecule has 1 aromatic carbocycles. The van der Waals surface area contributed by atoms with E-state index in [2.05, 4.69) is 10.9 Å². The lowest BCUT2D eigenvalue weighted by Crippen LogP contribution is -2.42. The highest BCUT2D eigenvalue weighted by molar-refractivity contribution is 5.95. The van der Waals surface area contributed by atoms with E-state index in [-0.39, 0.29) is 23.4 Å². The highest BCUT2D eigenvalue weighted by Gasteiger charge is 2.09. The first-order valence-corrected chi connectivity index (χ1v) is 6.46. The number of hydrogen-bond acceptors (Lipinski definition) is 3. The lowest BCUT2D eigenvalue weighted by atomic mass is 10.1. The van der Waals surface area contributed by atoms with Crippen molar-refractivity contribution in [3.8, 4) is 0 Å². The minimum absolute atomic E-state index is 0.00286. The van der Waals surface area contributed by atoms with Crippen molar-refractivity contribution in [1.82, 2.24) is 15.4 Å². The molecule has 1 aromatic heterocycles. The quantitative estimate of drug-likeness (QED) is 0.812. The Hall–Kier alpha value is -2.96. The molecule has 7 heteroatoms. The topological polar surface area (TPSA) is 80.2 Å². The van der Waals surface area contributed by atoms with Crippen LogP contribution < -0.4 is 16.4 Å². The minimum Gasteiger partial charge on any atom is -0.319 e. The summed E-state index contributed by atoms with van der Waals surface area (Å²) in [4.78, 5) is 34.9. The van der Waals surface area contributed by atoms with Crippen LogP contribution in [0.4, 0.5) is 4.39 Å². The highest BCUT2D eigenvalue weighted by Crippen LogP contribution is 2.03. The van der Waals surface area contributed by atoms with E-state index in [1.54, 1.807) is 7.05 Å². The smallest absolute Gasteiger partial charge is 0.269 e. The second-order valence-electron chi connectivity index (χ2n) is 4.67. The fraction of sp³-hybridized carbons (Fsp3) is 0.133. The minimum atomic E-state index is -0.592. The van der Waals surface area contributed by atoms with Gasteiger partial charge in [-0.25, -0.2) is 4.39 Å². The summed E-state index contributed by atoms with van der Waals surface area (Å²) in [5, 5.41) is 0. The second kappa shape index (κ2) is 6.66. The van der Waals surface area contributed by atoms with Gasteiger partial charge < -0.3 is 4.57 Å². The molecule has 6 nitrogen and oxygen atoms in total. The number of benzene rings is 1. The zero-order valence-electron chi connectivity index (χ0n) is 11.8. The molecule has 0 aliphatic carbocycles. The summed E-state index contributed by atoms with van der Waals surface area (Å²) in [7, 11) is 1.56. The molecule has 0 fully saturated rings. The molecule has 0 saturated carbocycles. The van der Waals surface area contributed by atoms with Crippen LogP contribution in [-0.4, -0.2) is 16.4 Å². The van der Waals surface area contributed by atoms with Gasteiger partial charge in [0.2, 0.25) is 5.91 Å². The van der Waals surface area contributed by atoms with Crippen molar-refractivity contribution in [3.05, 3.63) is 69.9 Å². The van der Waals surface area contributed by atoms with Crippen LogP contribution in [0.1, 0.15) is 15.9 Å². The Morgan fingerprint density at radius 3 is 2.45 bits per heavy atom. The molecule has 2 rings (SSSR count). The van der Waals surface area contributed by atoms with E-state index >= 15 is 0 Å². The molecule has 0 spiro atoms. The van der Waals surface area contributed by atoms with Crippen molar-refractivity contribution in [2.75, 3.05) is 0 Å². The summed E-state index contributed by atoms with van der Waals surface area (Å²) in [6, 6.07) is 8.10. The van der Waals surface area contributed by atoms with E-state index in [0.29, 0.717) is 5.56 Å². The highest BCUT2D eigenvalue weighted by atomic mass is 19.1. The Labute approximate surface area is 125 Å². The predicted octanol–water partition coefficient (Wildman–Crippen LogP) is 0.528. The maximum atomic E-state index is 12.7. The second-order valence-corrected chi connectivity index (χ2v) is 4.67. The van der Waals surface area contributed by atoms with Gasteiger partial charge in [-0.15, -0.1) is 0 Å². The van der Waals surface area contributed by atoms with Crippen LogP contribution in [0.15, 0.2) is 47.4 Å². The van der Waals surface area contributed by atoms with Gasteiger partial charge >= 0.3 is 0 Å². The van der Waals surface area contributed by atoms with Crippen molar-refractivity contribution >= 4 is 11.8 Å². The molecular weight excluding hydrogens is 289 g/mol. The van der Waals surface area contributed by atoms with Crippen molar-refractivity contribution in [1.29, 1.82) is 0 Å². The fourth-order valence-electron chi connectivity index (χ4n) is 1.72.